The number of carbonyl (C=O) groups is 1. The van der Waals surface area contributed by atoms with Crippen molar-refractivity contribution in [1.29, 1.82) is 0 Å². The fraction of sp³-hybridized carbons (Fsp3) is 0.615. The maximum absolute atomic E-state index is 10.5. The SMILES string of the molecule is Cc1cc(CNCCCCC(N)=O)c(C)n1C. The number of aromatic nitrogens is 1. The van der Waals surface area contributed by atoms with E-state index in [1.807, 2.05) is 0 Å². The summed E-state index contributed by atoms with van der Waals surface area (Å²) in [5.41, 5.74) is 9.02. The maximum atomic E-state index is 10.5. The fourth-order valence-electron chi connectivity index (χ4n) is 1.88. The van der Waals surface area contributed by atoms with Gasteiger partial charge in [0, 0.05) is 31.4 Å². The van der Waals surface area contributed by atoms with Crippen LogP contribution in [0.25, 0.3) is 0 Å². The molecule has 1 amide bonds. The summed E-state index contributed by atoms with van der Waals surface area (Å²) >= 11 is 0. The predicted molar refractivity (Wildman–Crippen MR) is 69.6 cm³/mol. The van der Waals surface area contributed by atoms with Crippen LogP contribution < -0.4 is 11.1 Å². The molecule has 0 aliphatic heterocycles. The van der Waals surface area contributed by atoms with Gasteiger partial charge in [-0.1, -0.05) is 0 Å². The number of hydrogen-bond acceptors (Lipinski definition) is 2. The van der Waals surface area contributed by atoms with Crippen LogP contribution in [0.5, 0.6) is 0 Å². The van der Waals surface area contributed by atoms with Crippen LogP contribution in [0.4, 0.5) is 0 Å². The zero-order valence-electron chi connectivity index (χ0n) is 11.0. The first-order valence-electron chi connectivity index (χ1n) is 6.13. The van der Waals surface area contributed by atoms with Crippen molar-refractivity contribution in [2.24, 2.45) is 12.8 Å². The number of primary amides is 1. The number of nitrogens with one attached hydrogen (secondary N) is 1. The average molecular weight is 237 g/mol. The van der Waals surface area contributed by atoms with Gasteiger partial charge in [0.2, 0.25) is 5.91 Å². The number of amides is 1. The van der Waals surface area contributed by atoms with Crippen molar-refractivity contribution < 1.29 is 4.79 Å². The van der Waals surface area contributed by atoms with E-state index < -0.39 is 0 Å². The first kappa shape index (κ1) is 13.8. The van der Waals surface area contributed by atoms with Crippen molar-refractivity contribution in [3.63, 3.8) is 0 Å². The molecule has 0 radical (unpaired) electrons. The Morgan fingerprint density at radius 2 is 2.12 bits per heavy atom. The number of rotatable bonds is 7. The lowest BCUT2D eigenvalue weighted by molar-refractivity contribution is -0.118. The number of nitrogens with zero attached hydrogens (tertiary/aromatic N) is 1. The third kappa shape index (κ3) is 4.23. The van der Waals surface area contributed by atoms with E-state index in [2.05, 4.69) is 36.8 Å². The van der Waals surface area contributed by atoms with Crippen LogP contribution in [-0.4, -0.2) is 17.0 Å². The summed E-state index contributed by atoms with van der Waals surface area (Å²) in [6, 6.07) is 2.21. The van der Waals surface area contributed by atoms with Crippen molar-refractivity contribution in [3.8, 4) is 0 Å². The Labute approximate surface area is 103 Å². The highest BCUT2D eigenvalue weighted by Gasteiger charge is 2.04. The van der Waals surface area contributed by atoms with E-state index in [9.17, 15) is 4.79 Å². The van der Waals surface area contributed by atoms with Gasteiger partial charge in [-0.15, -0.1) is 0 Å². The molecule has 0 spiro atoms. The zero-order valence-corrected chi connectivity index (χ0v) is 11.0. The number of unbranched alkanes of at least 4 members (excludes halogenated alkanes) is 1. The standard InChI is InChI=1S/C13H23N3O/c1-10-8-12(11(2)16(10)3)9-15-7-5-4-6-13(14)17/h8,15H,4-7,9H2,1-3H3,(H2,14,17). The number of hydrogen-bond donors (Lipinski definition) is 2. The van der Waals surface area contributed by atoms with Crippen molar-refractivity contribution in [1.82, 2.24) is 9.88 Å². The number of aryl methyl sites for hydroxylation is 1. The lowest BCUT2D eigenvalue weighted by Crippen LogP contribution is -2.16. The molecule has 17 heavy (non-hydrogen) atoms. The third-order valence-corrected chi connectivity index (χ3v) is 3.22. The van der Waals surface area contributed by atoms with Crippen LogP contribution in [0.3, 0.4) is 0 Å². The van der Waals surface area contributed by atoms with E-state index in [0.29, 0.717) is 6.42 Å². The van der Waals surface area contributed by atoms with Crippen LogP contribution in [0.15, 0.2) is 6.07 Å². The Bertz CT molecular complexity index is 382. The van der Waals surface area contributed by atoms with E-state index in [1.54, 1.807) is 0 Å². The lowest BCUT2D eigenvalue weighted by atomic mass is 10.2. The summed E-state index contributed by atoms with van der Waals surface area (Å²) < 4.78 is 2.20. The highest BCUT2D eigenvalue weighted by atomic mass is 16.1. The molecule has 0 aromatic carbocycles. The van der Waals surface area contributed by atoms with Crippen LogP contribution in [-0.2, 0) is 18.4 Å². The highest BCUT2D eigenvalue weighted by molar-refractivity contribution is 5.73. The minimum absolute atomic E-state index is 0.209. The van der Waals surface area contributed by atoms with Gasteiger partial charge >= 0.3 is 0 Å². The molecule has 0 saturated carbocycles. The second-order valence-electron chi connectivity index (χ2n) is 4.56. The molecule has 1 rings (SSSR count). The summed E-state index contributed by atoms with van der Waals surface area (Å²) in [5, 5.41) is 3.39. The molecule has 0 fully saturated rings. The van der Waals surface area contributed by atoms with Gasteiger partial charge in [0.1, 0.15) is 0 Å². The van der Waals surface area contributed by atoms with Crippen molar-refractivity contribution in [2.75, 3.05) is 6.54 Å². The molecule has 4 nitrogen and oxygen atoms in total. The van der Waals surface area contributed by atoms with E-state index in [1.165, 1.54) is 17.0 Å². The minimum atomic E-state index is -0.209. The molecule has 1 heterocycles. The summed E-state index contributed by atoms with van der Waals surface area (Å²) in [5.74, 6) is -0.209. The zero-order chi connectivity index (χ0) is 12.8. The molecule has 96 valence electrons. The van der Waals surface area contributed by atoms with E-state index >= 15 is 0 Å². The maximum Gasteiger partial charge on any atom is 0.217 e. The van der Waals surface area contributed by atoms with Crippen molar-refractivity contribution >= 4 is 5.91 Å². The molecular weight excluding hydrogens is 214 g/mol. The molecule has 0 saturated heterocycles. The molecular formula is C13H23N3O. The molecule has 0 atom stereocenters. The van der Waals surface area contributed by atoms with Gasteiger partial charge < -0.3 is 15.6 Å². The summed E-state index contributed by atoms with van der Waals surface area (Å²) in [6.07, 6.45) is 2.36. The second kappa shape index (κ2) is 6.45. The van der Waals surface area contributed by atoms with Gasteiger partial charge in [-0.3, -0.25) is 4.79 Å². The van der Waals surface area contributed by atoms with Crippen molar-refractivity contribution in [2.45, 2.75) is 39.7 Å². The van der Waals surface area contributed by atoms with E-state index in [0.717, 1.165) is 25.9 Å². The molecule has 0 unspecified atom stereocenters. The Hall–Kier alpha value is -1.29. The minimum Gasteiger partial charge on any atom is -0.370 e. The fourth-order valence-corrected chi connectivity index (χ4v) is 1.88. The Kier molecular flexibility index (Phi) is 5.22. The third-order valence-electron chi connectivity index (χ3n) is 3.22. The first-order chi connectivity index (χ1) is 8.02. The highest BCUT2D eigenvalue weighted by Crippen LogP contribution is 2.12. The number of nitrogens with two attached hydrogens (primary N) is 1. The normalized spacial score (nSPS) is 10.8. The Morgan fingerprint density at radius 3 is 2.65 bits per heavy atom. The summed E-state index contributed by atoms with van der Waals surface area (Å²) in [7, 11) is 2.08. The monoisotopic (exact) mass is 237 g/mol. The molecule has 4 heteroatoms. The molecule has 0 bridgehead atoms. The Morgan fingerprint density at radius 1 is 1.41 bits per heavy atom. The molecule has 0 aliphatic rings. The van der Waals surface area contributed by atoms with E-state index in [4.69, 9.17) is 5.73 Å². The van der Waals surface area contributed by atoms with E-state index in [-0.39, 0.29) is 5.91 Å². The van der Waals surface area contributed by atoms with Gasteiger partial charge in [-0.2, -0.15) is 0 Å². The second-order valence-corrected chi connectivity index (χ2v) is 4.56. The molecule has 0 aliphatic carbocycles. The van der Waals surface area contributed by atoms with Gasteiger partial charge in [0.15, 0.2) is 0 Å². The van der Waals surface area contributed by atoms with Gasteiger partial charge in [-0.05, 0) is 44.9 Å². The van der Waals surface area contributed by atoms with Gasteiger partial charge in [0.25, 0.3) is 0 Å². The molecule has 1 aromatic rings. The quantitative estimate of drug-likeness (QED) is 0.704. The van der Waals surface area contributed by atoms with Gasteiger partial charge in [-0.25, -0.2) is 0 Å². The van der Waals surface area contributed by atoms with Crippen LogP contribution in [0, 0.1) is 13.8 Å². The Balaban J connectivity index is 2.22. The van der Waals surface area contributed by atoms with Crippen LogP contribution >= 0.6 is 0 Å². The van der Waals surface area contributed by atoms with Crippen molar-refractivity contribution in [3.05, 3.63) is 23.0 Å². The lowest BCUT2D eigenvalue weighted by Gasteiger charge is -2.05. The number of carbonyl (C=O) groups excluding carboxylic acids is 1. The molecule has 3 N–H and O–H groups in total. The van der Waals surface area contributed by atoms with Gasteiger partial charge in [0.05, 0.1) is 0 Å². The topological polar surface area (TPSA) is 60.0 Å². The molecule has 1 aromatic heterocycles. The average Bonchev–Trinajstić information content (AvgIpc) is 2.51. The first-order valence-corrected chi connectivity index (χ1v) is 6.13. The summed E-state index contributed by atoms with van der Waals surface area (Å²) in [6.45, 7) is 6.07. The van der Waals surface area contributed by atoms with Crippen LogP contribution in [0.1, 0.15) is 36.2 Å². The van der Waals surface area contributed by atoms with Crippen LogP contribution in [0.2, 0.25) is 0 Å². The predicted octanol–water partition coefficient (Wildman–Crippen LogP) is 1.39. The summed E-state index contributed by atoms with van der Waals surface area (Å²) in [4.78, 5) is 10.5. The largest absolute Gasteiger partial charge is 0.370 e. The smallest absolute Gasteiger partial charge is 0.217 e.